The second kappa shape index (κ2) is 8.37. The molecule has 1 amide bonds. The third-order valence-corrected chi connectivity index (χ3v) is 6.94. The standard InChI is InChI=1S/C22H25N3O3S/c26-22-21(23-24-29(27,28)18-11-5-2-6-12-18)19-13-7-8-14-20(19)25(22)16-15-17-9-3-1-4-10-17/h2,5-8,11-14,17,24H,1,3-4,9-10,15-16H2/b23-21-. The number of amides is 1. The van der Waals surface area contributed by atoms with E-state index in [1.54, 1.807) is 23.1 Å². The van der Waals surface area contributed by atoms with Crippen molar-refractivity contribution in [3.05, 3.63) is 60.2 Å². The zero-order chi connectivity index (χ0) is 20.3. The third kappa shape index (κ3) is 4.19. The topological polar surface area (TPSA) is 78.8 Å². The van der Waals surface area contributed by atoms with Gasteiger partial charge in [0.1, 0.15) is 0 Å². The highest BCUT2D eigenvalue weighted by molar-refractivity contribution is 7.89. The average Bonchev–Trinajstić information content (AvgIpc) is 3.03. The lowest BCUT2D eigenvalue weighted by Gasteiger charge is -2.24. The Morgan fingerprint density at radius 1 is 0.966 bits per heavy atom. The van der Waals surface area contributed by atoms with Crippen LogP contribution in [-0.4, -0.2) is 26.6 Å². The summed E-state index contributed by atoms with van der Waals surface area (Å²) in [5.74, 6) is 0.402. The number of fused-ring (bicyclic) bond motifs is 1. The summed E-state index contributed by atoms with van der Waals surface area (Å²) in [6.07, 6.45) is 7.25. The normalized spacial score (nSPS) is 18.8. The van der Waals surface area contributed by atoms with Crippen molar-refractivity contribution in [2.24, 2.45) is 11.0 Å². The molecule has 1 N–H and O–H groups in total. The molecule has 1 aliphatic carbocycles. The van der Waals surface area contributed by atoms with E-state index in [9.17, 15) is 13.2 Å². The summed E-state index contributed by atoms with van der Waals surface area (Å²) in [7, 11) is -3.83. The number of hydrogen-bond donors (Lipinski definition) is 1. The first-order valence-electron chi connectivity index (χ1n) is 10.1. The van der Waals surface area contributed by atoms with Gasteiger partial charge in [-0.3, -0.25) is 4.79 Å². The van der Waals surface area contributed by atoms with Crippen LogP contribution in [0.2, 0.25) is 0 Å². The van der Waals surface area contributed by atoms with Gasteiger partial charge in [0.25, 0.3) is 15.9 Å². The second-order valence-electron chi connectivity index (χ2n) is 7.63. The van der Waals surface area contributed by atoms with Gasteiger partial charge in [-0.05, 0) is 30.5 Å². The van der Waals surface area contributed by atoms with Gasteiger partial charge in [-0.2, -0.15) is 18.4 Å². The van der Waals surface area contributed by atoms with Crippen molar-refractivity contribution in [2.45, 2.75) is 43.4 Å². The molecule has 1 fully saturated rings. The van der Waals surface area contributed by atoms with Gasteiger partial charge in [0.2, 0.25) is 0 Å². The van der Waals surface area contributed by atoms with Gasteiger partial charge >= 0.3 is 0 Å². The van der Waals surface area contributed by atoms with Gasteiger partial charge in [-0.15, -0.1) is 0 Å². The minimum absolute atomic E-state index is 0.109. The van der Waals surface area contributed by atoms with Gasteiger partial charge in [-0.25, -0.2) is 0 Å². The largest absolute Gasteiger partial charge is 0.306 e. The number of sulfonamides is 1. The van der Waals surface area contributed by atoms with Crippen LogP contribution in [0.15, 0.2) is 64.6 Å². The molecule has 0 saturated heterocycles. The monoisotopic (exact) mass is 411 g/mol. The molecule has 0 atom stereocenters. The number of anilines is 1. The van der Waals surface area contributed by atoms with Crippen molar-refractivity contribution in [1.29, 1.82) is 0 Å². The van der Waals surface area contributed by atoms with Gasteiger partial charge in [0, 0.05) is 12.1 Å². The Labute approximate surface area is 171 Å². The van der Waals surface area contributed by atoms with Crippen molar-refractivity contribution in [3.8, 4) is 0 Å². The molecule has 0 bridgehead atoms. The first-order valence-corrected chi connectivity index (χ1v) is 11.6. The van der Waals surface area contributed by atoms with Crippen LogP contribution in [0, 0.1) is 5.92 Å². The molecule has 0 aromatic heterocycles. The van der Waals surface area contributed by atoms with E-state index in [1.165, 1.54) is 44.2 Å². The molecule has 0 radical (unpaired) electrons. The molecular formula is C22H25N3O3S. The third-order valence-electron chi connectivity index (χ3n) is 5.71. The second-order valence-corrected chi connectivity index (χ2v) is 9.30. The zero-order valence-electron chi connectivity index (χ0n) is 16.3. The van der Waals surface area contributed by atoms with Crippen molar-refractivity contribution in [2.75, 3.05) is 11.4 Å². The van der Waals surface area contributed by atoms with Crippen LogP contribution in [0.5, 0.6) is 0 Å². The first-order chi connectivity index (χ1) is 14.1. The summed E-state index contributed by atoms with van der Waals surface area (Å²) < 4.78 is 25.0. The molecule has 152 valence electrons. The molecule has 1 aliphatic heterocycles. The van der Waals surface area contributed by atoms with E-state index < -0.39 is 10.0 Å². The number of benzene rings is 2. The minimum Gasteiger partial charge on any atom is -0.306 e. The number of carbonyl (C=O) groups excluding carboxylic acids is 1. The predicted molar refractivity (Wildman–Crippen MR) is 113 cm³/mol. The van der Waals surface area contributed by atoms with Crippen molar-refractivity contribution < 1.29 is 13.2 Å². The quantitative estimate of drug-likeness (QED) is 0.737. The molecule has 6 nitrogen and oxygen atoms in total. The van der Waals surface area contributed by atoms with E-state index in [-0.39, 0.29) is 16.5 Å². The van der Waals surface area contributed by atoms with Gasteiger partial charge in [0.05, 0.1) is 10.6 Å². The Morgan fingerprint density at radius 3 is 2.41 bits per heavy atom. The smallest absolute Gasteiger partial charge is 0.279 e. The highest BCUT2D eigenvalue weighted by Crippen LogP contribution is 2.32. The van der Waals surface area contributed by atoms with Crippen LogP contribution in [0.3, 0.4) is 0 Å². The summed E-state index contributed by atoms with van der Waals surface area (Å²) >= 11 is 0. The number of hydrazone groups is 1. The Hall–Kier alpha value is -2.67. The van der Waals surface area contributed by atoms with Crippen LogP contribution in [-0.2, 0) is 14.8 Å². The Bertz CT molecular complexity index is 1010. The summed E-state index contributed by atoms with van der Waals surface area (Å²) in [4.78, 5) is 17.1. The fourth-order valence-corrected chi connectivity index (χ4v) is 4.97. The number of para-hydroxylation sites is 1. The van der Waals surface area contributed by atoms with Crippen LogP contribution >= 0.6 is 0 Å². The average molecular weight is 412 g/mol. The Kier molecular flexibility index (Phi) is 5.67. The van der Waals surface area contributed by atoms with E-state index in [1.807, 2.05) is 24.3 Å². The molecular weight excluding hydrogens is 386 g/mol. The minimum atomic E-state index is -3.83. The van der Waals surface area contributed by atoms with E-state index in [2.05, 4.69) is 9.93 Å². The Balaban J connectivity index is 1.54. The SMILES string of the molecule is O=C1/C(=N\NS(=O)(=O)c2ccccc2)c2ccccc2N1CCC1CCCCC1. The maximum absolute atomic E-state index is 13.0. The summed E-state index contributed by atoms with van der Waals surface area (Å²) in [6.45, 7) is 0.630. The number of hydrogen-bond acceptors (Lipinski definition) is 4. The highest BCUT2D eigenvalue weighted by Gasteiger charge is 2.34. The zero-order valence-corrected chi connectivity index (χ0v) is 17.1. The summed E-state index contributed by atoms with van der Waals surface area (Å²) in [5.41, 5.74) is 1.60. The van der Waals surface area contributed by atoms with E-state index in [4.69, 9.17) is 0 Å². The number of carbonyl (C=O) groups is 1. The molecule has 1 heterocycles. The van der Waals surface area contributed by atoms with Crippen molar-refractivity contribution in [3.63, 3.8) is 0 Å². The predicted octanol–water partition coefficient (Wildman–Crippen LogP) is 3.69. The molecule has 2 aromatic rings. The maximum atomic E-state index is 13.0. The lowest BCUT2D eigenvalue weighted by atomic mass is 9.87. The lowest BCUT2D eigenvalue weighted by Crippen LogP contribution is -2.33. The molecule has 0 unspecified atom stereocenters. The van der Waals surface area contributed by atoms with Gasteiger partial charge < -0.3 is 4.90 Å². The molecule has 1 saturated carbocycles. The van der Waals surface area contributed by atoms with Gasteiger partial charge in [0.15, 0.2) is 5.71 Å². The molecule has 0 spiro atoms. The number of rotatable bonds is 6. The highest BCUT2D eigenvalue weighted by atomic mass is 32.2. The van der Waals surface area contributed by atoms with Crippen molar-refractivity contribution >= 4 is 27.3 Å². The fourth-order valence-electron chi connectivity index (χ4n) is 4.14. The van der Waals surface area contributed by atoms with E-state index in [0.717, 1.165) is 12.1 Å². The van der Waals surface area contributed by atoms with Crippen LogP contribution < -0.4 is 9.73 Å². The lowest BCUT2D eigenvalue weighted by molar-refractivity contribution is -0.112. The first kappa shape index (κ1) is 19.6. The molecule has 29 heavy (non-hydrogen) atoms. The molecule has 7 heteroatoms. The maximum Gasteiger partial charge on any atom is 0.279 e. The molecule has 4 rings (SSSR count). The van der Waals surface area contributed by atoms with Crippen LogP contribution in [0.4, 0.5) is 5.69 Å². The Morgan fingerprint density at radius 2 is 1.66 bits per heavy atom. The summed E-state index contributed by atoms with van der Waals surface area (Å²) in [6, 6.07) is 15.4. The fraction of sp³-hybridized carbons (Fsp3) is 0.364. The summed E-state index contributed by atoms with van der Waals surface area (Å²) in [5, 5.41) is 4.03. The molecule has 2 aliphatic rings. The van der Waals surface area contributed by atoms with Crippen LogP contribution in [0.25, 0.3) is 0 Å². The van der Waals surface area contributed by atoms with Crippen molar-refractivity contribution in [1.82, 2.24) is 4.83 Å². The molecule has 2 aromatic carbocycles. The van der Waals surface area contributed by atoms with Crippen LogP contribution in [0.1, 0.15) is 44.1 Å². The number of nitrogens with zero attached hydrogens (tertiary/aromatic N) is 2. The van der Waals surface area contributed by atoms with E-state index in [0.29, 0.717) is 18.0 Å². The number of nitrogens with one attached hydrogen (secondary N) is 1. The van der Waals surface area contributed by atoms with Gasteiger partial charge in [-0.1, -0.05) is 68.5 Å². The van der Waals surface area contributed by atoms with E-state index >= 15 is 0 Å².